The topological polar surface area (TPSA) is 80.7 Å². The van der Waals surface area contributed by atoms with E-state index in [1.54, 1.807) is 36.4 Å². The van der Waals surface area contributed by atoms with Gasteiger partial charge in [0, 0.05) is 13.0 Å². The third kappa shape index (κ3) is 2.75. The van der Waals surface area contributed by atoms with Gasteiger partial charge < -0.3 is 9.84 Å². The first-order valence-electron chi connectivity index (χ1n) is 7.93. The van der Waals surface area contributed by atoms with Crippen molar-refractivity contribution in [3.8, 4) is 0 Å². The van der Waals surface area contributed by atoms with Crippen LogP contribution in [0.1, 0.15) is 17.0 Å². The Morgan fingerprint density at radius 1 is 1.12 bits per heavy atom. The van der Waals surface area contributed by atoms with E-state index in [9.17, 15) is 18.3 Å². The van der Waals surface area contributed by atoms with Crippen molar-refractivity contribution >= 4 is 15.8 Å². The summed E-state index contributed by atoms with van der Waals surface area (Å²) in [7, 11) is -2.43. The summed E-state index contributed by atoms with van der Waals surface area (Å²) in [4.78, 5) is 12.2. The van der Waals surface area contributed by atoms with Gasteiger partial charge in [0.25, 0.3) is 0 Å². The lowest BCUT2D eigenvalue weighted by atomic mass is 10.0. The maximum absolute atomic E-state index is 13.2. The fourth-order valence-electron chi connectivity index (χ4n) is 3.60. The second-order valence-electron chi connectivity index (χ2n) is 6.45. The van der Waals surface area contributed by atoms with Crippen molar-refractivity contribution in [2.75, 3.05) is 13.7 Å². The molecule has 1 aliphatic rings. The van der Waals surface area contributed by atoms with Crippen molar-refractivity contribution in [3.05, 3.63) is 65.7 Å². The molecule has 1 N–H and O–H groups in total. The van der Waals surface area contributed by atoms with Gasteiger partial charge in [-0.05, 0) is 24.6 Å². The molecular formula is C19H20O5S. The number of carboxylic acid groups (broad SMARTS) is 1. The van der Waals surface area contributed by atoms with Crippen LogP contribution in [-0.4, -0.2) is 38.5 Å². The molecule has 0 spiro atoms. The number of hydrogen-bond donors (Lipinski definition) is 1. The molecule has 0 amide bonds. The molecule has 1 saturated carbocycles. The number of sulfone groups is 1. The monoisotopic (exact) mass is 360 g/mol. The van der Waals surface area contributed by atoms with Crippen molar-refractivity contribution in [1.29, 1.82) is 0 Å². The van der Waals surface area contributed by atoms with Crippen LogP contribution in [0.2, 0.25) is 0 Å². The molecule has 0 bridgehead atoms. The first-order valence-corrected chi connectivity index (χ1v) is 9.48. The van der Waals surface area contributed by atoms with Gasteiger partial charge in [-0.25, -0.2) is 8.42 Å². The Bertz CT molecular complexity index is 874. The summed E-state index contributed by atoms with van der Waals surface area (Å²) in [6.07, 6.45) is 0. The van der Waals surface area contributed by atoms with Crippen LogP contribution in [0.15, 0.2) is 59.5 Å². The molecule has 2 aromatic carbocycles. The van der Waals surface area contributed by atoms with E-state index in [1.807, 2.05) is 13.0 Å². The molecule has 1 aliphatic carbocycles. The van der Waals surface area contributed by atoms with E-state index in [0.717, 1.165) is 5.56 Å². The quantitative estimate of drug-likeness (QED) is 0.856. The molecule has 3 atom stereocenters. The summed E-state index contributed by atoms with van der Waals surface area (Å²) in [6.45, 7) is 1.71. The van der Waals surface area contributed by atoms with Crippen LogP contribution >= 0.6 is 0 Å². The van der Waals surface area contributed by atoms with E-state index >= 15 is 0 Å². The highest BCUT2D eigenvalue weighted by molar-refractivity contribution is 7.92. The van der Waals surface area contributed by atoms with Crippen LogP contribution < -0.4 is 0 Å². The molecule has 0 heterocycles. The predicted molar refractivity (Wildman–Crippen MR) is 93.3 cm³/mol. The predicted octanol–water partition coefficient (Wildman–Crippen LogP) is 2.65. The number of aliphatic carboxylic acids is 1. The molecule has 6 heteroatoms. The number of aryl methyl sites for hydroxylation is 1. The molecule has 0 radical (unpaired) electrons. The number of carbonyl (C=O) groups is 1. The van der Waals surface area contributed by atoms with Crippen LogP contribution in [0.3, 0.4) is 0 Å². The van der Waals surface area contributed by atoms with Gasteiger partial charge in [-0.1, -0.05) is 48.0 Å². The number of benzene rings is 2. The largest absolute Gasteiger partial charge is 0.481 e. The third-order valence-electron chi connectivity index (χ3n) is 4.88. The fraction of sp³-hybridized carbons (Fsp3) is 0.316. The van der Waals surface area contributed by atoms with E-state index < -0.39 is 32.4 Å². The minimum Gasteiger partial charge on any atom is -0.481 e. The van der Waals surface area contributed by atoms with E-state index in [2.05, 4.69) is 0 Å². The SMILES string of the molecule is COC[C@@]1(C(=O)O)[C@H](c2ccccc2)[C@@H]1S(=O)(=O)c1ccc(C)cc1. The van der Waals surface area contributed by atoms with Gasteiger partial charge in [0.05, 0.1) is 16.8 Å². The summed E-state index contributed by atoms with van der Waals surface area (Å²) >= 11 is 0. The standard InChI is InChI=1S/C19H20O5S/c1-13-8-10-15(11-9-13)25(22,23)17-16(14-6-4-3-5-7-14)19(17,12-24-2)18(20)21/h3-11,16-17H,12H2,1-2H3,(H,20,21)/t16-,17+,19-/m1/s1. The molecule has 3 rings (SSSR count). The molecule has 0 aromatic heterocycles. The number of hydrogen-bond acceptors (Lipinski definition) is 4. The number of methoxy groups -OCH3 is 1. The number of rotatable bonds is 6. The Balaban J connectivity index is 2.11. The first-order chi connectivity index (χ1) is 11.9. The maximum atomic E-state index is 13.2. The van der Waals surface area contributed by atoms with Gasteiger partial charge in [-0.2, -0.15) is 0 Å². The fourth-order valence-corrected chi connectivity index (χ4v) is 5.95. The van der Waals surface area contributed by atoms with Crippen LogP contribution in [-0.2, 0) is 19.4 Å². The molecule has 1 fully saturated rings. The van der Waals surface area contributed by atoms with E-state index in [-0.39, 0.29) is 11.5 Å². The normalized spacial score (nSPS) is 25.5. The lowest BCUT2D eigenvalue weighted by molar-refractivity contribution is -0.145. The minimum atomic E-state index is -3.82. The summed E-state index contributed by atoms with van der Waals surface area (Å²) < 4.78 is 31.4. The van der Waals surface area contributed by atoms with Crippen molar-refractivity contribution in [2.24, 2.45) is 5.41 Å². The smallest absolute Gasteiger partial charge is 0.314 e. The molecule has 25 heavy (non-hydrogen) atoms. The molecular weight excluding hydrogens is 340 g/mol. The van der Waals surface area contributed by atoms with Crippen LogP contribution in [0.4, 0.5) is 0 Å². The summed E-state index contributed by atoms with van der Waals surface area (Å²) in [5.74, 6) is -1.79. The zero-order valence-electron chi connectivity index (χ0n) is 14.0. The summed E-state index contributed by atoms with van der Waals surface area (Å²) in [5.41, 5.74) is 0.165. The van der Waals surface area contributed by atoms with E-state index in [0.29, 0.717) is 5.56 Å². The molecule has 5 nitrogen and oxygen atoms in total. The molecule has 132 valence electrons. The van der Waals surface area contributed by atoms with Gasteiger partial charge in [-0.15, -0.1) is 0 Å². The molecule has 0 aliphatic heterocycles. The van der Waals surface area contributed by atoms with Crippen LogP contribution in [0, 0.1) is 12.3 Å². The van der Waals surface area contributed by atoms with Crippen molar-refractivity contribution in [3.63, 3.8) is 0 Å². The third-order valence-corrected chi connectivity index (χ3v) is 7.17. The zero-order valence-corrected chi connectivity index (χ0v) is 14.9. The highest BCUT2D eigenvalue weighted by Gasteiger charge is 2.76. The van der Waals surface area contributed by atoms with Gasteiger partial charge in [0.1, 0.15) is 5.41 Å². The average Bonchev–Trinajstić information content (AvgIpc) is 3.27. The average molecular weight is 360 g/mol. The van der Waals surface area contributed by atoms with Crippen LogP contribution in [0.25, 0.3) is 0 Å². The van der Waals surface area contributed by atoms with Crippen LogP contribution in [0.5, 0.6) is 0 Å². The Morgan fingerprint density at radius 2 is 1.72 bits per heavy atom. The van der Waals surface area contributed by atoms with Crippen molar-refractivity contribution in [1.82, 2.24) is 0 Å². The summed E-state index contributed by atoms with van der Waals surface area (Å²) in [6, 6.07) is 15.4. The Labute approximate surface area is 147 Å². The molecule has 0 saturated heterocycles. The van der Waals surface area contributed by atoms with Gasteiger partial charge >= 0.3 is 5.97 Å². The highest BCUT2D eigenvalue weighted by atomic mass is 32.2. The second-order valence-corrected chi connectivity index (χ2v) is 8.51. The number of ether oxygens (including phenoxy) is 1. The second kappa shape index (κ2) is 6.28. The molecule has 0 unspecified atom stereocenters. The highest BCUT2D eigenvalue weighted by Crippen LogP contribution is 2.64. The van der Waals surface area contributed by atoms with E-state index in [1.165, 1.54) is 19.2 Å². The van der Waals surface area contributed by atoms with Gasteiger partial charge in [0.15, 0.2) is 9.84 Å². The van der Waals surface area contributed by atoms with Gasteiger partial charge in [-0.3, -0.25) is 4.79 Å². The van der Waals surface area contributed by atoms with Gasteiger partial charge in [0.2, 0.25) is 0 Å². The van der Waals surface area contributed by atoms with E-state index in [4.69, 9.17) is 4.74 Å². The Hall–Kier alpha value is -2.18. The maximum Gasteiger partial charge on any atom is 0.314 e. The minimum absolute atomic E-state index is 0.142. The lowest BCUT2D eigenvalue weighted by Crippen LogP contribution is -2.28. The lowest BCUT2D eigenvalue weighted by Gasteiger charge is -2.12. The molecule has 2 aromatic rings. The van der Waals surface area contributed by atoms with Crippen molar-refractivity contribution < 1.29 is 23.1 Å². The number of carboxylic acids is 1. The first kappa shape index (κ1) is 17.6. The Kier molecular flexibility index (Phi) is 4.43. The Morgan fingerprint density at radius 3 is 2.24 bits per heavy atom. The zero-order chi connectivity index (χ0) is 18.2. The van der Waals surface area contributed by atoms with Crippen molar-refractivity contribution in [2.45, 2.75) is 23.0 Å². The summed E-state index contributed by atoms with van der Waals surface area (Å²) in [5, 5.41) is 8.79.